The summed E-state index contributed by atoms with van der Waals surface area (Å²) in [6.45, 7) is 1.51. The molecule has 0 atom stereocenters. The quantitative estimate of drug-likeness (QED) is 0.720. The maximum absolute atomic E-state index is 11.0. The van der Waals surface area contributed by atoms with Gasteiger partial charge in [-0.15, -0.1) is 10.2 Å². The van der Waals surface area contributed by atoms with Crippen LogP contribution in [0.25, 0.3) is 17.1 Å². The Labute approximate surface area is 130 Å². The molecule has 22 heavy (non-hydrogen) atoms. The van der Waals surface area contributed by atoms with Gasteiger partial charge >= 0.3 is 0 Å². The molecule has 0 aliphatic rings. The van der Waals surface area contributed by atoms with Crippen molar-refractivity contribution < 1.29 is 9.21 Å². The van der Waals surface area contributed by atoms with Gasteiger partial charge in [-0.1, -0.05) is 30.0 Å². The highest BCUT2D eigenvalue weighted by Gasteiger charge is 2.17. The number of aromatic nitrogens is 4. The Morgan fingerprint density at radius 1 is 1.32 bits per heavy atom. The first-order valence-electron chi connectivity index (χ1n) is 6.50. The number of nitrogens with zero attached hydrogens (tertiary/aromatic N) is 4. The molecule has 1 aromatic carbocycles. The van der Waals surface area contributed by atoms with Crippen LogP contribution in [0.5, 0.6) is 0 Å². The molecule has 0 aliphatic heterocycles. The number of hydrogen-bond acceptors (Lipinski definition) is 7. The van der Waals surface area contributed by atoms with E-state index in [1.54, 1.807) is 10.9 Å². The third-order valence-corrected chi connectivity index (χ3v) is 3.81. The van der Waals surface area contributed by atoms with Crippen molar-refractivity contribution in [2.75, 3.05) is 11.5 Å². The van der Waals surface area contributed by atoms with Crippen LogP contribution in [0, 0.1) is 0 Å². The minimum Gasteiger partial charge on any atom is -0.411 e. The maximum Gasteiger partial charge on any atom is 0.277 e. The molecule has 8 heteroatoms. The average Bonchev–Trinajstić information content (AvgIpc) is 3.12. The van der Waals surface area contributed by atoms with E-state index in [9.17, 15) is 4.79 Å². The number of para-hydroxylation sites is 1. The number of carbonyl (C=O) groups is 1. The first-order chi connectivity index (χ1) is 10.6. The van der Waals surface area contributed by atoms with Crippen LogP contribution in [0.3, 0.4) is 0 Å². The van der Waals surface area contributed by atoms with Gasteiger partial charge < -0.3 is 10.2 Å². The third kappa shape index (κ3) is 2.86. The molecule has 2 heterocycles. The lowest BCUT2D eigenvalue weighted by atomic mass is 10.3. The topological polar surface area (TPSA) is 99.8 Å². The van der Waals surface area contributed by atoms with E-state index in [0.717, 1.165) is 5.69 Å². The Morgan fingerprint density at radius 3 is 2.82 bits per heavy atom. The summed E-state index contributed by atoms with van der Waals surface area (Å²) >= 11 is 1.20. The summed E-state index contributed by atoms with van der Waals surface area (Å²) in [5.74, 6) is 1.03. The van der Waals surface area contributed by atoms with Crippen molar-refractivity contribution >= 4 is 23.4 Å². The van der Waals surface area contributed by atoms with Gasteiger partial charge in [0.25, 0.3) is 11.1 Å². The molecule has 0 bridgehead atoms. The van der Waals surface area contributed by atoms with E-state index in [0.29, 0.717) is 22.4 Å². The number of benzene rings is 1. The molecule has 0 saturated carbocycles. The molecule has 0 amide bonds. The number of carbonyl (C=O) groups excluding carboxylic acids is 1. The lowest BCUT2D eigenvalue weighted by Gasteiger charge is -2.03. The van der Waals surface area contributed by atoms with Crippen LogP contribution in [0.1, 0.15) is 6.92 Å². The van der Waals surface area contributed by atoms with Crippen LogP contribution < -0.4 is 5.73 Å². The molecule has 0 unspecified atom stereocenters. The molecule has 0 saturated heterocycles. The highest BCUT2D eigenvalue weighted by molar-refractivity contribution is 7.99. The second-order valence-electron chi connectivity index (χ2n) is 4.55. The minimum absolute atomic E-state index is 0.0427. The van der Waals surface area contributed by atoms with Crippen molar-refractivity contribution in [2.24, 2.45) is 0 Å². The SMILES string of the molecule is CC(=O)CSc1nnc(-c2cnn(-c3ccccc3)c2N)o1. The summed E-state index contributed by atoms with van der Waals surface area (Å²) in [5, 5.41) is 12.4. The van der Waals surface area contributed by atoms with Gasteiger partial charge in [0.15, 0.2) is 0 Å². The van der Waals surface area contributed by atoms with Gasteiger partial charge in [-0.2, -0.15) is 5.10 Å². The van der Waals surface area contributed by atoms with E-state index >= 15 is 0 Å². The van der Waals surface area contributed by atoms with Crippen LogP contribution in [0.2, 0.25) is 0 Å². The first kappa shape index (κ1) is 14.3. The largest absolute Gasteiger partial charge is 0.411 e. The summed E-state index contributed by atoms with van der Waals surface area (Å²) in [6, 6.07) is 9.52. The summed E-state index contributed by atoms with van der Waals surface area (Å²) < 4.78 is 7.10. The summed E-state index contributed by atoms with van der Waals surface area (Å²) in [4.78, 5) is 11.0. The van der Waals surface area contributed by atoms with E-state index < -0.39 is 0 Å². The van der Waals surface area contributed by atoms with Gasteiger partial charge in [0.2, 0.25) is 0 Å². The standard InChI is InChI=1S/C14H13N5O2S/c1-9(20)8-22-14-18-17-13(21-14)11-7-16-19(12(11)15)10-5-3-2-4-6-10/h2-7H,8,15H2,1H3. The molecule has 3 aromatic rings. The Kier molecular flexibility index (Phi) is 3.92. The zero-order chi connectivity index (χ0) is 15.5. The van der Waals surface area contributed by atoms with Gasteiger partial charge in [0.1, 0.15) is 17.2 Å². The zero-order valence-electron chi connectivity index (χ0n) is 11.8. The van der Waals surface area contributed by atoms with E-state index in [1.807, 2.05) is 30.3 Å². The highest BCUT2D eigenvalue weighted by Crippen LogP contribution is 2.28. The van der Waals surface area contributed by atoms with E-state index in [1.165, 1.54) is 18.7 Å². The molecular formula is C14H13N5O2S. The van der Waals surface area contributed by atoms with Gasteiger partial charge in [-0.25, -0.2) is 4.68 Å². The molecule has 0 spiro atoms. The van der Waals surface area contributed by atoms with Crippen molar-refractivity contribution in [3.8, 4) is 17.1 Å². The lowest BCUT2D eigenvalue weighted by molar-refractivity contribution is -0.114. The average molecular weight is 315 g/mol. The maximum atomic E-state index is 11.0. The van der Waals surface area contributed by atoms with Gasteiger partial charge in [0, 0.05) is 0 Å². The zero-order valence-corrected chi connectivity index (χ0v) is 12.6. The van der Waals surface area contributed by atoms with Crippen molar-refractivity contribution in [3.05, 3.63) is 36.5 Å². The van der Waals surface area contributed by atoms with Crippen molar-refractivity contribution in [2.45, 2.75) is 12.1 Å². The Morgan fingerprint density at radius 2 is 2.09 bits per heavy atom. The number of ketones is 1. The Hall–Kier alpha value is -2.61. The first-order valence-corrected chi connectivity index (χ1v) is 7.48. The van der Waals surface area contributed by atoms with Crippen LogP contribution in [0.4, 0.5) is 5.82 Å². The fourth-order valence-electron chi connectivity index (χ4n) is 1.84. The molecule has 2 N–H and O–H groups in total. The monoisotopic (exact) mass is 315 g/mol. The smallest absolute Gasteiger partial charge is 0.277 e. The molecule has 0 aliphatic carbocycles. The number of nitrogens with two attached hydrogens (primary N) is 1. The van der Waals surface area contributed by atoms with Crippen molar-refractivity contribution in [1.29, 1.82) is 0 Å². The Bertz CT molecular complexity index is 797. The second kappa shape index (κ2) is 6.02. The van der Waals surface area contributed by atoms with Gasteiger partial charge in [-0.3, -0.25) is 4.79 Å². The van der Waals surface area contributed by atoms with E-state index in [2.05, 4.69) is 15.3 Å². The molecule has 2 aromatic heterocycles. The van der Waals surface area contributed by atoms with Gasteiger partial charge in [-0.05, 0) is 19.1 Å². The predicted molar refractivity (Wildman–Crippen MR) is 82.7 cm³/mol. The fraction of sp³-hybridized carbons (Fsp3) is 0.143. The molecular weight excluding hydrogens is 302 g/mol. The summed E-state index contributed by atoms with van der Waals surface area (Å²) in [6.07, 6.45) is 1.58. The van der Waals surface area contributed by atoms with Crippen LogP contribution >= 0.6 is 11.8 Å². The van der Waals surface area contributed by atoms with Crippen LogP contribution in [-0.2, 0) is 4.79 Å². The molecule has 112 valence electrons. The summed E-state index contributed by atoms with van der Waals surface area (Å²) in [5.41, 5.74) is 7.52. The number of rotatable bonds is 5. The number of nitrogen functional groups attached to an aromatic ring is 1. The van der Waals surface area contributed by atoms with E-state index in [-0.39, 0.29) is 11.7 Å². The third-order valence-electron chi connectivity index (χ3n) is 2.84. The number of thioether (sulfide) groups is 1. The van der Waals surface area contributed by atoms with Crippen molar-refractivity contribution in [1.82, 2.24) is 20.0 Å². The minimum atomic E-state index is 0.0427. The summed E-state index contributed by atoms with van der Waals surface area (Å²) in [7, 11) is 0. The van der Waals surface area contributed by atoms with E-state index in [4.69, 9.17) is 10.2 Å². The predicted octanol–water partition coefficient (Wildman–Crippen LogP) is 2.19. The Balaban J connectivity index is 1.87. The molecule has 7 nitrogen and oxygen atoms in total. The fourth-order valence-corrected chi connectivity index (χ4v) is 2.40. The van der Waals surface area contributed by atoms with Crippen molar-refractivity contribution in [3.63, 3.8) is 0 Å². The van der Waals surface area contributed by atoms with Crippen LogP contribution in [-0.4, -0.2) is 31.5 Å². The van der Waals surface area contributed by atoms with Crippen LogP contribution in [0.15, 0.2) is 46.2 Å². The molecule has 0 fully saturated rings. The second-order valence-corrected chi connectivity index (χ2v) is 5.48. The van der Waals surface area contributed by atoms with Gasteiger partial charge in [0.05, 0.1) is 17.6 Å². The lowest BCUT2D eigenvalue weighted by Crippen LogP contribution is -2.01. The molecule has 3 rings (SSSR count). The highest BCUT2D eigenvalue weighted by atomic mass is 32.2. The normalized spacial score (nSPS) is 10.8. The number of hydrogen-bond donors (Lipinski definition) is 1. The number of Topliss-reactive ketones (excluding diaryl/α,β-unsaturated/α-hetero) is 1. The number of anilines is 1. The molecule has 0 radical (unpaired) electrons.